The second-order valence-electron chi connectivity index (χ2n) is 4.21. The summed E-state index contributed by atoms with van der Waals surface area (Å²) in [6.45, 7) is 2.29. The first kappa shape index (κ1) is 11.5. The van der Waals surface area contributed by atoms with Gasteiger partial charge in [-0.3, -0.25) is 0 Å². The minimum Gasteiger partial charge on any atom is -0.317 e. The molecule has 1 aliphatic heterocycles. The highest BCUT2D eigenvalue weighted by atomic mass is 35.5. The van der Waals surface area contributed by atoms with Crippen molar-refractivity contribution >= 4 is 11.6 Å². The molecule has 0 radical (unpaired) electrons. The molecule has 0 aromatic heterocycles. The molecule has 1 aliphatic rings. The average molecular weight is 234 g/mol. The summed E-state index contributed by atoms with van der Waals surface area (Å²) in [4.78, 5) is 0. The van der Waals surface area contributed by atoms with Gasteiger partial charge in [-0.2, -0.15) is 0 Å². The van der Waals surface area contributed by atoms with E-state index in [0.717, 1.165) is 36.0 Å². The van der Waals surface area contributed by atoms with Gasteiger partial charge in [0, 0.05) is 17.0 Å². The third-order valence-corrected chi connectivity index (χ3v) is 3.18. The standard InChI is InChI=1S/C14H16ClN/c15-14-6-4-12(5-7-14)2-1-3-13-8-10-16-11-9-13/h4-7,13,16H,3,8-11H2. The number of nitrogens with one attached hydrogen (secondary N) is 1. The van der Waals surface area contributed by atoms with E-state index in [1.807, 2.05) is 24.3 Å². The van der Waals surface area contributed by atoms with Crippen LogP contribution in [0.3, 0.4) is 0 Å². The lowest BCUT2D eigenvalue weighted by Gasteiger charge is -2.20. The summed E-state index contributed by atoms with van der Waals surface area (Å²) in [6, 6.07) is 7.71. The third-order valence-electron chi connectivity index (χ3n) is 2.93. The van der Waals surface area contributed by atoms with Crippen molar-refractivity contribution in [2.75, 3.05) is 13.1 Å². The molecular formula is C14H16ClN. The number of hydrogen-bond acceptors (Lipinski definition) is 1. The van der Waals surface area contributed by atoms with E-state index in [0.29, 0.717) is 0 Å². The predicted molar refractivity (Wildman–Crippen MR) is 68.5 cm³/mol. The highest BCUT2D eigenvalue weighted by Gasteiger charge is 2.10. The molecule has 1 N–H and O–H groups in total. The molecule has 1 fully saturated rings. The highest BCUT2D eigenvalue weighted by molar-refractivity contribution is 6.30. The largest absolute Gasteiger partial charge is 0.317 e. The Hall–Kier alpha value is -0.970. The molecule has 0 atom stereocenters. The molecule has 1 aromatic rings. The van der Waals surface area contributed by atoms with E-state index in [4.69, 9.17) is 11.6 Å². The van der Waals surface area contributed by atoms with E-state index >= 15 is 0 Å². The Balaban J connectivity index is 1.87. The van der Waals surface area contributed by atoms with Gasteiger partial charge in [0.1, 0.15) is 0 Å². The molecule has 84 valence electrons. The van der Waals surface area contributed by atoms with Gasteiger partial charge in [0.15, 0.2) is 0 Å². The van der Waals surface area contributed by atoms with Gasteiger partial charge in [0.05, 0.1) is 0 Å². The Labute approximate surface area is 102 Å². The smallest absolute Gasteiger partial charge is 0.0406 e. The molecule has 1 heterocycles. The zero-order valence-corrected chi connectivity index (χ0v) is 10.1. The molecule has 1 aromatic carbocycles. The van der Waals surface area contributed by atoms with Gasteiger partial charge in [-0.25, -0.2) is 0 Å². The maximum absolute atomic E-state index is 5.81. The lowest BCUT2D eigenvalue weighted by Crippen LogP contribution is -2.27. The van der Waals surface area contributed by atoms with E-state index in [1.54, 1.807) is 0 Å². The van der Waals surface area contributed by atoms with Crippen LogP contribution in [0.2, 0.25) is 5.02 Å². The first-order valence-electron chi connectivity index (χ1n) is 5.80. The van der Waals surface area contributed by atoms with Crippen molar-refractivity contribution in [3.8, 4) is 11.8 Å². The van der Waals surface area contributed by atoms with Crippen molar-refractivity contribution in [3.63, 3.8) is 0 Å². The van der Waals surface area contributed by atoms with Gasteiger partial charge < -0.3 is 5.32 Å². The first-order valence-corrected chi connectivity index (χ1v) is 6.17. The fourth-order valence-corrected chi connectivity index (χ4v) is 2.04. The van der Waals surface area contributed by atoms with Crippen molar-refractivity contribution in [3.05, 3.63) is 34.9 Å². The minimum atomic E-state index is 0.768. The van der Waals surface area contributed by atoms with E-state index in [1.165, 1.54) is 12.8 Å². The Morgan fingerprint density at radius 3 is 2.56 bits per heavy atom. The Kier molecular flexibility index (Phi) is 4.27. The fourth-order valence-electron chi connectivity index (χ4n) is 1.92. The molecule has 0 saturated carbocycles. The van der Waals surface area contributed by atoms with Gasteiger partial charge in [-0.05, 0) is 56.1 Å². The molecule has 2 rings (SSSR count). The molecule has 0 spiro atoms. The van der Waals surface area contributed by atoms with Gasteiger partial charge in [-0.1, -0.05) is 23.4 Å². The predicted octanol–water partition coefficient (Wildman–Crippen LogP) is 3.08. The molecule has 16 heavy (non-hydrogen) atoms. The van der Waals surface area contributed by atoms with Crippen LogP contribution in [0.25, 0.3) is 0 Å². The van der Waals surface area contributed by atoms with E-state index in [9.17, 15) is 0 Å². The van der Waals surface area contributed by atoms with Crippen LogP contribution < -0.4 is 5.32 Å². The Morgan fingerprint density at radius 2 is 1.88 bits per heavy atom. The highest BCUT2D eigenvalue weighted by Crippen LogP contribution is 2.15. The summed E-state index contributed by atoms with van der Waals surface area (Å²) in [5, 5.41) is 4.13. The topological polar surface area (TPSA) is 12.0 Å². The second kappa shape index (κ2) is 5.94. The van der Waals surface area contributed by atoms with Crippen LogP contribution in [0.5, 0.6) is 0 Å². The molecule has 0 aliphatic carbocycles. The zero-order valence-electron chi connectivity index (χ0n) is 9.30. The summed E-state index contributed by atoms with van der Waals surface area (Å²) in [5.41, 5.74) is 1.05. The number of rotatable bonds is 1. The van der Waals surface area contributed by atoms with Gasteiger partial charge in [0.2, 0.25) is 0 Å². The van der Waals surface area contributed by atoms with Crippen LogP contribution in [0, 0.1) is 17.8 Å². The van der Waals surface area contributed by atoms with E-state index < -0.39 is 0 Å². The summed E-state index contributed by atoms with van der Waals surface area (Å²) >= 11 is 5.81. The lowest BCUT2D eigenvalue weighted by molar-refractivity contribution is 0.381. The Morgan fingerprint density at radius 1 is 1.19 bits per heavy atom. The Bertz CT molecular complexity index is 379. The average Bonchev–Trinajstić information content (AvgIpc) is 2.33. The molecule has 0 bridgehead atoms. The van der Waals surface area contributed by atoms with Crippen LogP contribution in [0.4, 0.5) is 0 Å². The maximum Gasteiger partial charge on any atom is 0.0406 e. The lowest BCUT2D eigenvalue weighted by atomic mass is 9.95. The van der Waals surface area contributed by atoms with Crippen molar-refractivity contribution < 1.29 is 0 Å². The van der Waals surface area contributed by atoms with E-state index in [2.05, 4.69) is 17.2 Å². The van der Waals surface area contributed by atoms with Crippen LogP contribution in [-0.4, -0.2) is 13.1 Å². The monoisotopic (exact) mass is 233 g/mol. The molecule has 1 nitrogen and oxygen atoms in total. The normalized spacial score (nSPS) is 16.6. The maximum atomic E-state index is 5.81. The SMILES string of the molecule is Clc1ccc(C#CCC2CCNCC2)cc1. The van der Waals surface area contributed by atoms with Crippen molar-refractivity contribution in [1.29, 1.82) is 0 Å². The number of halogens is 1. The van der Waals surface area contributed by atoms with Crippen LogP contribution >= 0.6 is 11.6 Å². The summed E-state index contributed by atoms with van der Waals surface area (Å²) in [7, 11) is 0. The van der Waals surface area contributed by atoms with E-state index in [-0.39, 0.29) is 0 Å². The zero-order chi connectivity index (χ0) is 11.2. The van der Waals surface area contributed by atoms with Gasteiger partial charge in [0.25, 0.3) is 0 Å². The molecule has 2 heteroatoms. The third kappa shape index (κ3) is 3.56. The molecule has 0 amide bonds. The summed E-state index contributed by atoms with van der Waals surface area (Å²) < 4.78 is 0. The van der Waals surface area contributed by atoms with Crippen molar-refractivity contribution in [1.82, 2.24) is 5.32 Å². The van der Waals surface area contributed by atoms with Crippen molar-refractivity contribution in [2.24, 2.45) is 5.92 Å². The number of piperidine rings is 1. The summed E-state index contributed by atoms with van der Waals surface area (Å²) in [6.07, 6.45) is 3.54. The van der Waals surface area contributed by atoms with Gasteiger partial charge in [-0.15, -0.1) is 0 Å². The molecule has 0 unspecified atom stereocenters. The molecular weight excluding hydrogens is 218 g/mol. The van der Waals surface area contributed by atoms with Crippen molar-refractivity contribution in [2.45, 2.75) is 19.3 Å². The molecule has 1 saturated heterocycles. The van der Waals surface area contributed by atoms with Gasteiger partial charge >= 0.3 is 0 Å². The number of hydrogen-bond donors (Lipinski definition) is 1. The van der Waals surface area contributed by atoms with Crippen LogP contribution in [0.15, 0.2) is 24.3 Å². The number of benzene rings is 1. The minimum absolute atomic E-state index is 0.768. The fraction of sp³-hybridized carbons (Fsp3) is 0.429. The first-order chi connectivity index (χ1) is 7.84. The second-order valence-corrected chi connectivity index (χ2v) is 4.64. The van der Waals surface area contributed by atoms with Crippen LogP contribution in [-0.2, 0) is 0 Å². The quantitative estimate of drug-likeness (QED) is 0.736. The van der Waals surface area contributed by atoms with Crippen LogP contribution in [0.1, 0.15) is 24.8 Å². The summed E-state index contributed by atoms with van der Waals surface area (Å²) in [5.74, 6) is 7.24.